The molecule has 2 aromatic heterocycles. The summed E-state index contributed by atoms with van der Waals surface area (Å²) in [7, 11) is 0. The highest BCUT2D eigenvalue weighted by atomic mass is 32.2. The number of halogens is 3. The van der Waals surface area contributed by atoms with Crippen LogP contribution in [0.1, 0.15) is 30.7 Å². The van der Waals surface area contributed by atoms with Gasteiger partial charge >= 0.3 is 11.8 Å². The van der Waals surface area contributed by atoms with Crippen molar-refractivity contribution in [2.24, 2.45) is 0 Å². The molecule has 0 aliphatic carbocycles. The predicted molar refractivity (Wildman–Crippen MR) is 117 cm³/mol. The van der Waals surface area contributed by atoms with Gasteiger partial charge in [0.1, 0.15) is 15.9 Å². The van der Waals surface area contributed by atoms with Crippen LogP contribution in [0.3, 0.4) is 0 Å². The van der Waals surface area contributed by atoms with Crippen LogP contribution in [-0.2, 0) is 11.6 Å². The van der Waals surface area contributed by atoms with Crippen LogP contribution in [-0.4, -0.2) is 9.67 Å². The Balaban J connectivity index is 1.73. The second-order valence-electron chi connectivity index (χ2n) is 8.25. The highest BCUT2D eigenvalue weighted by Gasteiger charge is 2.38. The summed E-state index contributed by atoms with van der Waals surface area (Å²) in [5.41, 5.74) is -0.893. The smallest absolute Gasteiger partial charge is 0.416 e. The minimum Gasteiger partial charge on any atom is -0.505 e. The van der Waals surface area contributed by atoms with E-state index in [9.17, 15) is 27.9 Å². The van der Waals surface area contributed by atoms with E-state index in [1.54, 1.807) is 18.2 Å². The number of hydrogen-bond acceptors (Lipinski definition) is 5. The zero-order valence-electron chi connectivity index (χ0n) is 17.4. The molecule has 0 radical (unpaired) electrons. The lowest BCUT2D eigenvalue weighted by atomic mass is 9.83. The zero-order valence-corrected chi connectivity index (χ0v) is 18.2. The van der Waals surface area contributed by atoms with Crippen molar-refractivity contribution >= 4 is 22.7 Å². The molecule has 1 aliphatic heterocycles. The van der Waals surface area contributed by atoms with Gasteiger partial charge in [0.2, 0.25) is 0 Å². The summed E-state index contributed by atoms with van der Waals surface area (Å²) < 4.78 is 46.0. The van der Waals surface area contributed by atoms with Crippen molar-refractivity contribution < 1.29 is 22.7 Å². The predicted octanol–water partition coefficient (Wildman–Crippen LogP) is 5.46. The van der Waals surface area contributed by atoms with E-state index >= 15 is 0 Å². The number of nitrogens with zero attached hydrogens (tertiary/aromatic N) is 1. The van der Waals surface area contributed by atoms with Crippen LogP contribution >= 0.6 is 11.8 Å². The molecule has 33 heavy (non-hydrogen) atoms. The normalized spacial score (nSPS) is 14.3. The monoisotopic (exact) mass is 471 g/mol. The Kier molecular flexibility index (Phi) is 4.55. The standard InChI is InChI=1S/C24H16F3NO4S/c1-23(2)14-8-3-4-9-15(14)28-17(23)11-16-18(21(28)30)19(29)20(22(31)32-16)33-13-7-5-6-12(10-13)24(25,26)27/h3-11,29H,1-2H3. The van der Waals surface area contributed by atoms with Gasteiger partial charge in [-0.1, -0.05) is 49.9 Å². The van der Waals surface area contributed by atoms with Gasteiger partial charge in [0.05, 0.1) is 11.3 Å². The number of pyridine rings is 1. The van der Waals surface area contributed by atoms with Crippen molar-refractivity contribution in [3.8, 4) is 11.4 Å². The first-order valence-electron chi connectivity index (χ1n) is 9.91. The molecule has 0 saturated carbocycles. The molecule has 5 nitrogen and oxygen atoms in total. The molecule has 9 heteroatoms. The summed E-state index contributed by atoms with van der Waals surface area (Å²) in [6, 6.07) is 13.2. The van der Waals surface area contributed by atoms with Crippen molar-refractivity contribution in [3.05, 3.63) is 92.2 Å². The van der Waals surface area contributed by atoms with Crippen LogP contribution in [0, 0.1) is 0 Å². The molecule has 2 aromatic carbocycles. The minimum absolute atomic E-state index is 0.0690. The van der Waals surface area contributed by atoms with Crippen LogP contribution in [0.2, 0.25) is 0 Å². The minimum atomic E-state index is -4.56. The average Bonchev–Trinajstić information content (AvgIpc) is 2.98. The number of fused-ring (bicyclic) bond motifs is 4. The Bertz CT molecular complexity index is 1570. The van der Waals surface area contributed by atoms with E-state index in [1.807, 2.05) is 26.0 Å². The quantitative estimate of drug-likeness (QED) is 0.420. The molecule has 0 saturated heterocycles. The van der Waals surface area contributed by atoms with Gasteiger partial charge in [-0.3, -0.25) is 9.36 Å². The fraction of sp³-hybridized carbons (Fsp3) is 0.167. The van der Waals surface area contributed by atoms with Crippen molar-refractivity contribution in [1.82, 2.24) is 4.57 Å². The third kappa shape index (κ3) is 3.18. The third-order valence-electron chi connectivity index (χ3n) is 5.85. The molecular formula is C24H16F3NO4S. The molecule has 1 N–H and O–H groups in total. The SMILES string of the molecule is CC1(C)c2ccccc2-n2c1cc1oc(=O)c(Sc3cccc(C(F)(F)F)c3)c(O)c1c2=O. The maximum atomic E-state index is 13.5. The molecule has 168 valence electrons. The third-order valence-corrected chi connectivity index (χ3v) is 6.91. The van der Waals surface area contributed by atoms with Gasteiger partial charge < -0.3 is 9.52 Å². The average molecular weight is 471 g/mol. The van der Waals surface area contributed by atoms with Gasteiger partial charge in [0.15, 0.2) is 5.75 Å². The van der Waals surface area contributed by atoms with Gasteiger partial charge in [-0.05, 0) is 29.8 Å². The number of rotatable bonds is 2. The van der Waals surface area contributed by atoms with Crippen molar-refractivity contribution in [3.63, 3.8) is 0 Å². The molecule has 1 aliphatic rings. The summed E-state index contributed by atoms with van der Waals surface area (Å²) in [5, 5.41) is 10.7. The van der Waals surface area contributed by atoms with E-state index in [1.165, 1.54) is 16.7 Å². The van der Waals surface area contributed by atoms with Gasteiger partial charge in [0.25, 0.3) is 5.56 Å². The molecule has 3 heterocycles. The number of alkyl halides is 3. The molecule has 0 amide bonds. The van der Waals surface area contributed by atoms with Gasteiger partial charge in [-0.2, -0.15) is 13.2 Å². The lowest BCUT2D eigenvalue weighted by Crippen LogP contribution is -2.24. The first-order chi connectivity index (χ1) is 15.5. The lowest BCUT2D eigenvalue weighted by Gasteiger charge is -2.20. The van der Waals surface area contributed by atoms with Crippen molar-refractivity contribution in [1.29, 1.82) is 0 Å². The summed E-state index contributed by atoms with van der Waals surface area (Å²) >= 11 is 0.609. The summed E-state index contributed by atoms with van der Waals surface area (Å²) in [6.45, 7) is 3.87. The van der Waals surface area contributed by atoms with Crippen LogP contribution in [0.5, 0.6) is 5.75 Å². The summed E-state index contributed by atoms with van der Waals surface area (Å²) in [6.07, 6.45) is -4.56. The molecule has 0 spiro atoms. The van der Waals surface area contributed by atoms with Crippen molar-refractivity contribution in [2.45, 2.75) is 35.2 Å². The molecule has 0 atom stereocenters. The van der Waals surface area contributed by atoms with Crippen LogP contribution in [0.4, 0.5) is 13.2 Å². The van der Waals surface area contributed by atoms with E-state index in [-0.39, 0.29) is 20.8 Å². The Morgan fingerprint density at radius 1 is 1.03 bits per heavy atom. The van der Waals surface area contributed by atoms with E-state index in [2.05, 4.69) is 0 Å². The highest BCUT2D eigenvalue weighted by molar-refractivity contribution is 7.99. The van der Waals surface area contributed by atoms with Gasteiger partial charge in [0, 0.05) is 22.1 Å². The largest absolute Gasteiger partial charge is 0.505 e. The summed E-state index contributed by atoms with van der Waals surface area (Å²) in [4.78, 5) is 25.8. The molecule has 0 bridgehead atoms. The van der Waals surface area contributed by atoms with Gasteiger partial charge in [-0.15, -0.1) is 0 Å². The maximum absolute atomic E-state index is 13.5. The topological polar surface area (TPSA) is 72.4 Å². The maximum Gasteiger partial charge on any atom is 0.416 e. The summed E-state index contributed by atoms with van der Waals surface area (Å²) in [5.74, 6) is -0.619. The fourth-order valence-electron chi connectivity index (χ4n) is 4.22. The molecule has 0 fully saturated rings. The van der Waals surface area contributed by atoms with E-state index < -0.39 is 34.1 Å². The Morgan fingerprint density at radius 3 is 2.48 bits per heavy atom. The molecular weight excluding hydrogens is 455 g/mol. The molecule has 0 unspecified atom stereocenters. The Hall–Kier alpha value is -3.46. The molecule has 5 rings (SSSR count). The molecule has 4 aromatic rings. The van der Waals surface area contributed by atoms with E-state index in [0.29, 0.717) is 23.1 Å². The Morgan fingerprint density at radius 2 is 1.76 bits per heavy atom. The highest BCUT2D eigenvalue weighted by Crippen LogP contribution is 2.44. The fourth-order valence-corrected chi connectivity index (χ4v) is 5.11. The number of para-hydroxylation sites is 1. The second kappa shape index (κ2) is 7.02. The number of hydrogen-bond donors (Lipinski definition) is 1. The zero-order chi connectivity index (χ0) is 23.7. The Labute approximate surface area is 189 Å². The van der Waals surface area contributed by atoms with Gasteiger partial charge in [-0.25, -0.2) is 4.79 Å². The number of benzene rings is 2. The van der Waals surface area contributed by atoms with Crippen molar-refractivity contribution in [2.75, 3.05) is 0 Å². The van der Waals surface area contributed by atoms with Crippen LogP contribution < -0.4 is 11.2 Å². The van der Waals surface area contributed by atoms with Crippen LogP contribution in [0.15, 0.2) is 78.4 Å². The van der Waals surface area contributed by atoms with Crippen LogP contribution in [0.25, 0.3) is 16.7 Å². The van der Waals surface area contributed by atoms with E-state index in [4.69, 9.17) is 4.42 Å². The van der Waals surface area contributed by atoms with E-state index in [0.717, 1.165) is 17.7 Å². The second-order valence-corrected chi connectivity index (χ2v) is 9.33. The number of aromatic hydroxyl groups is 1. The first-order valence-corrected chi connectivity index (χ1v) is 10.7. The lowest BCUT2D eigenvalue weighted by molar-refractivity contribution is -0.137. The first kappa shape index (κ1) is 21.4. The number of aromatic nitrogens is 1.